The highest BCUT2D eigenvalue weighted by atomic mass is 32.2. The predicted molar refractivity (Wildman–Crippen MR) is 87.1 cm³/mol. The van der Waals surface area contributed by atoms with E-state index in [4.69, 9.17) is 8.94 Å². The average Bonchev–Trinajstić information content (AvgIpc) is 3.25. The minimum Gasteiger partial charge on any atom is -0.466 e. The summed E-state index contributed by atoms with van der Waals surface area (Å²) in [5.74, 6) is 0.694. The molecule has 0 saturated carbocycles. The molecule has 0 saturated heterocycles. The normalized spacial score (nSPS) is 13.3. The molecule has 1 unspecified atom stereocenters. The van der Waals surface area contributed by atoms with Crippen LogP contribution in [0, 0.1) is 13.8 Å². The summed E-state index contributed by atoms with van der Waals surface area (Å²) in [6.07, 6.45) is 0.628. The van der Waals surface area contributed by atoms with Crippen molar-refractivity contribution in [3.63, 3.8) is 0 Å². The van der Waals surface area contributed by atoms with Gasteiger partial charge in [0.15, 0.2) is 5.76 Å². The largest absolute Gasteiger partial charge is 0.466 e. The van der Waals surface area contributed by atoms with Crippen molar-refractivity contribution >= 4 is 21.4 Å². The topological polar surface area (TPSA) is 106 Å². The van der Waals surface area contributed by atoms with Gasteiger partial charge in [0.25, 0.3) is 0 Å². The van der Waals surface area contributed by atoms with Crippen LogP contribution in [0.5, 0.6) is 0 Å². The fraction of sp³-hybridized carbons (Fsp3) is 0.267. The number of nitrogens with one attached hydrogen (secondary N) is 1. The van der Waals surface area contributed by atoms with E-state index in [1.165, 1.54) is 17.6 Å². The Kier molecular flexibility index (Phi) is 4.59. The van der Waals surface area contributed by atoms with Crippen molar-refractivity contribution in [1.29, 1.82) is 0 Å². The lowest BCUT2D eigenvalue weighted by Crippen LogP contribution is -2.23. The molecule has 2 N–H and O–H groups in total. The highest BCUT2D eigenvalue weighted by Crippen LogP contribution is 2.29. The standard InChI is InChI=1S/C15H16N2O5S2/c1-9-15(10(2)22-17-9)24(19,20)16-8-11-5-6-13(23-11)14(18)12-4-3-7-21-12/h3-7,14,16,18H,8H2,1-2H3. The maximum atomic E-state index is 12.4. The Bertz CT molecular complexity index is 906. The van der Waals surface area contributed by atoms with Crippen LogP contribution in [-0.4, -0.2) is 18.7 Å². The minimum absolute atomic E-state index is 0.0647. The number of rotatable bonds is 6. The van der Waals surface area contributed by atoms with Crippen LogP contribution in [0.25, 0.3) is 0 Å². The third kappa shape index (κ3) is 3.29. The van der Waals surface area contributed by atoms with Crippen molar-refractivity contribution in [2.24, 2.45) is 0 Å². The molecule has 24 heavy (non-hydrogen) atoms. The summed E-state index contributed by atoms with van der Waals surface area (Å²) < 4.78 is 37.3. The Balaban J connectivity index is 1.72. The molecule has 0 amide bonds. The maximum absolute atomic E-state index is 12.4. The van der Waals surface area contributed by atoms with Crippen molar-refractivity contribution in [2.75, 3.05) is 0 Å². The molecule has 0 aliphatic rings. The first kappa shape index (κ1) is 16.9. The maximum Gasteiger partial charge on any atom is 0.246 e. The molecule has 3 rings (SSSR count). The van der Waals surface area contributed by atoms with E-state index in [1.807, 2.05) is 0 Å². The molecule has 0 spiro atoms. The van der Waals surface area contributed by atoms with E-state index < -0.39 is 16.1 Å². The number of aliphatic hydroxyl groups excluding tert-OH is 1. The zero-order valence-electron chi connectivity index (χ0n) is 13.0. The molecule has 0 aromatic carbocycles. The third-order valence-electron chi connectivity index (χ3n) is 3.44. The lowest BCUT2D eigenvalue weighted by molar-refractivity contribution is 0.193. The van der Waals surface area contributed by atoms with Gasteiger partial charge in [-0.2, -0.15) is 0 Å². The number of hydrogen-bond donors (Lipinski definition) is 2. The van der Waals surface area contributed by atoms with Crippen molar-refractivity contribution in [1.82, 2.24) is 9.88 Å². The molecular formula is C15H16N2O5S2. The quantitative estimate of drug-likeness (QED) is 0.692. The number of furan rings is 1. The molecule has 0 bridgehead atoms. The summed E-state index contributed by atoms with van der Waals surface area (Å²) in [5, 5.41) is 13.9. The summed E-state index contributed by atoms with van der Waals surface area (Å²) in [6.45, 7) is 3.24. The van der Waals surface area contributed by atoms with Crippen LogP contribution in [0.15, 0.2) is 44.4 Å². The molecule has 0 aliphatic carbocycles. The lowest BCUT2D eigenvalue weighted by atomic mass is 10.2. The van der Waals surface area contributed by atoms with Crippen LogP contribution in [0.2, 0.25) is 0 Å². The predicted octanol–water partition coefficient (Wildman–Crippen LogP) is 2.51. The molecular weight excluding hydrogens is 352 g/mol. The van der Waals surface area contributed by atoms with Gasteiger partial charge in [0.2, 0.25) is 10.0 Å². The molecule has 3 aromatic heterocycles. The molecule has 0 aliphatic heterocycles. The van der Waals surface area contributed by atoms with Crippen LogP contribution < -0.4 is 4.72 Å². The van der Waals surface area contributed by atoms with Crippen molar-refractivity contribution in [3.8, 4) is 0 Å². The van der Waals surface area contributed by atoms with E-state index >= 15 is 0 Å². The van der Waals surface area contributed by atoms with E-state index in [1.54, 1.807) is 38.1 Å². The number of aryl methyl sites for hydroxylation is 2. The van der Waals surface area contributed by atoms with E-state index in [0.29, 0.717) is 16.3 Å². The smallest absolute Gasteiger partial charge is 0.246 e. The SMILES string of the molecule is Cc1noc(C)c1S(=O)(=O)NCc1ccc(C(O)c2ccco2)s1. The van der Waals surface area contributed by atoms with Crippen LogP contribution in [0.1, 0.15) is 33.1 Å². The molecule has 7 nitrogen and oxygen atoms in total. The minimum atomic E-state index is -3.71. The summed E-state index contributed by atoms with van der Waals surface area (Å²) in [6, 6.07) is 6.90. The molecule has 128 valence electrons. The van der Waals surface area contributed by atoms with Gasteiger partial charge in [-0.3, -0.25) is 0 Å². The summed E-state index contributed by atoms with van der Waals surface area (Å²) in [4.78, 5) is 1.51. The van der Waals surface area contributed by atoms with Crippen molar-refractivity contribution in [3.05, 3.63) is 57.5 Å². The monoisotopic (exact) mass is 368 g/mol. The Morgan fingerprint density at radius 2 is 2.12 bits per heavy atom. The number of hydrogen-bond acceptors (Lipinski definition) is 7. The first-order chi connectivity index (χ1) is 11.4. The van der Waals surface area contributed by atoms with Gasteiger partial charge >= 0.3 is 0 Å². The summed E-state index contributed by atoms with van der Waals surface area (Å²) in [7, 11) is -3.71. The zero-order valence-corrected chi connectivity index (χ0v) is 14.6. The van der Waals surface area contributed by atoms with E-state index in [2.05, 4.69) is 9.88 Å². The zero-order chi connectivity index (χ0) is 17.3. The second-order valence-corrected chi connectivity index (χ2v) is 8.10. The van der Waals surface area contributed by atoms with E-state index in [-0.39, 0.29) is 17.2 Å². The molecule has 0 fully saturated rings. The molecule has 0 radical (unpaired) electrons. The van der Waals surface area contributed by atoms with Crippen molar-refractivity contribution in [2.45, 2.75) is 31.4 Å². The fourth-order valence-electron chi connectivity index (χ4n) is 2.32. The van der Waals surface area contributed by atoms with Gasteiger partial charge in [-0.05, 0) is 38.1 Å². The number of aliphatic hydroxyl groups is 1. The molecule has 9 heteroatoms. The third-order valence-corrected chi connectivity index (χ3v) is 6.22. The van der Waals surface area contributed by atoms with Gasteiger partial charge in [0, 0.05) is 16.3 Å². The van der Waals surface area contributed by atoms with Crippen LogP contribution >= 0.6 is 11.3 Å². The number of thiophene rings is 1. The number of sulfonamides is 1. The number of aromatic nitrogens is 1. The fourth-order valence-corrected chi connectivity index (χ4v) is 4.69. The molecule has 1 atom stereocenters. The first-order valence-electron chi connectivity index (χ1n) is 7.11. The summed E-state index contributed by atoms with van der Waals surface area (Å²) >= 11 is 1.31. The molecule has 3 heterocycles. The number of nitrogens with zero attached hydrogens (tertiary/aromatic N) is 1. The lowest BCUT2D eigenvalue weighted by Gasteiger charge is -2.05. The van der Waals surface area contributed by atoms with Gasteiger partial charge in [-0.25, -0.2) is 13.1 Å². The molecule has 3 aromatic rings. The Hall–Kier alpha value is -1.94. The van der Waals surface area contributed by atoms with E-state index in [9.17, 15) is 13.5 Å². The summed E-state index contributed by atoms with van der Waals surface area (Å²) in [5.41, 5.74) is 0.320. The van der Waals surface area contributed by atoms with Gasteiger partial charge in [-0.1, -0.05) is 5.16 Å². The second-order valence-electron chi connectivity index (χ2n) is 5.20. The van der Waals surface area contributed by atoms with Gasteiger partial charge in [0.05, 0.1) is 6.26 Å². The van der Waals surface area contributed by atoms with Gasteiger partial charge < -0.3 is 14.0 Å². The Labute approximate surface area is 143 Å². The van der Waals surface area contributed by atoms with Crippen LogP contribution in [0.3, 0.4) is 0 Å². The van der Waals surface area contributed by atoms with E-state index in [0.717, 1.165) is 4.88 Å². The van der Waals surface area contributed by atoms with Gasteiger partial charge in [-0.15, -0.1) is 11.3 Å². The average molecular weight is 368 g/mol. The Morgan fingerprint density at radius 3 is 2.75 bits per heavy atom. The second kappa shape index (κ2) is 6.52. The van der Waals surface area contributed by atoms with Gasteiger partial charge in [0.1, 0.15) is 22.5 Å². The first-order valence-corrected chi connectivity index (χ1v) is 9.41. The van der Waals surface area contributed by atoms with Crippen LogP contribution in [0.4, 0.5) is 0 Å². The Morgan fingerprint density at radius 1 is 1.33 bits per heavy atom. The van der Waals surface area contributed by atoms with Crippen LogP contribution in [-0.2, 0) is 16.6 Å². The highest BCUT2D eigenvalue weighted by Gasteiger charge is 2.24. The van der Waals surface area contributed by atoms with Crippen molar-refractivity contribution < 1.29 is 22.5 Å². The highest BCUT2D eigenvalue weighted by molar-refractivity contribution is 7.89.